The number of nitrogens with zero attached hydrogens (tertiary/aromatic N) is 4. The number of allylic oxidation sites excluding steroid dienone is 1. The van der Waals surface area contributed by atoms with E-state index < -0.39 is 85.9 Å². The van der Waals surface area contributed by atoms with Crippen molar-refractivity contribution in [2.24, 2.45) is 17.8 Å². The Labute approximate surface area is 327 Å². The van der Waals surface area contributed by atoms with E-state index in [9.17, 15) is 45.9 Å². The van der Waals surface area contributed by atoms with Crippen LogP contribution in [0.4, 0.5) is 18.0 Å². The fourth-order valence-corrected chi connectivity index (χ4v) is 9.64. The third-order valence-electron chi connectivity index (χ3n) is 11.7. The molecule has 6 rings (SSSR count). The molecule has 306 valence electrons. The number of rotatable bonds is 8. The minimum absolute atomic E-state index is 0.0617. The highest BCUT2D eigenvalue weighted by Crippen LogP contribution is 2.48. The minimum Gasteiger partial charge on any atom is -0.488 e. The van der Waals surface area contributed by atoms with Gasteiger partial charge in [0.1, 0.15) is 45.7 Å². The van der Waals surface area contributed by atoms with Crippen LogP contribution < -0.4 is 14.8 Å². The number of alkyl halides is 3. The first kappa shape index (κ1) is 41.4. The summed E-state index contributed by atoms with van der Waals surface area (Å²) in [5.74, 6) is -4.23. The molecule has 19 heteroatoms. The Balaban J connectivity index is 1.40. The van der Waals surface area contributed by atoms with Gasteiger partial charge in [0, 0.05) is 36.2 Å². The van der Waals surface area contributed by atoms with E-state index in [0.717, 1.165) is 4.90 Å². The average molecular weight is 825 g/mol. The highest BCUT2D eigenvalue weighted by molar-refractivity contribution is 7.91. The highest BCUT2D eigenvalue weighted by atomic mass is 32.2. The first-order chi connectivity index (χ1) is 26.1. The number of nitrogens with one attached hydrogen (secondary N) is 2. The maximum absolute atomic E-state index is 14.9. The summed E-state index contributed by atoms with van der Waals surface area (Å²) in [5.41, 5.74) is -4.23. The Kier molecular flexibility index (Phi) is 11.0. The summed E-state index contributed by atoms with van der Waals surface area (Å²) in [4.78, 5) is 65.9. The normalized spacial score (nSPS) is 30.1. The Morgan fingerprint density at radius 2 is 1.86 bits per heavy atom. The average Bonchev–Trinajstić information content (AvgIpc) is 3.85. The third-order valence-corrected chi connectivity index (χ3v) is 14.6. The van der Waals surface area contributed by atoms with Gasteiger partial charge in [-0.05, 0) is 77.2 Å². The molecule has 3 N–H and O–H groups in total. The number of hydrogen-bond donors (Lipinski definition) is 3. The quantitative estimate of drug-likeness (QED) is 0.301. The zero-order chi connectivity index (χ0) is 41.0. The first-order valence-corrected chi connectivity index (χ1v) is 20.9. The van der Waals surface area contributed by atoms with Crippen molar-refractivity contribution < 1.29 is 50.6 Å². The summed E-state index contributed by atoms with van der Waals surface area (Å²) in [6.07, 6.45) is 0.431. The Morgan fingerprint density at radius 3 is 2.48 bits per heavy atom. The number of sulfonamides is 1. The molecule has 2 aliphatic carbocycles. The Morgan fingerprint density at radius 1 is 1.14 bits per heavy atom. The number of carboxylic acid groups (broad SMARTS) is 1. The third kappa shape index (κ3) is 7.97. The summed E-state index contributed by atoms with van der Waals surface area (Å²) in [7, 11) is -4.11. The summed E-state index contributed by atoms with van der Waals surface area (Å²) in [5, 5.41) is 15.5. The molecule has 2 aromatic heterocycles. The molecule has 3 fully saturated rings. The summed E-state index contributed by atoms with van der Waals surface area (Å²) in [6.45, 7) is 5.97. The second-order valence-corrected chi connectivity index (χ2v) is 19.4. The zero-order valence-electron chi connectivity index (χ0n) is 31.7. The molecular formula is C37H47F3N6O8S2. The molecular weight excluding hydrogens is 778 g/mol. The smallest absolute Gasteiger partial charge is 0.411 e. The van der Waals surface area contributed by atoms with Crippen LogP contribution in [0.2, 0.25) is 0 Å². The Hall–Kier alpha value is -4.26. The van der Waals surface area contributed by atoms with E-state index in [-0.39, 0.29) is 36.6 Å². The predicted octanol–water partition coefficient (Wildman–Crippen LogP) is 5.13. The largest absolute Gasteiger partial charge is 0.488 e. The molecule has 4 amide bonds. The molecule has 4 aliphatic rings. The van der Waals surface area contributed by atoms with E-state index in [1.807, 2.05) is 13.0 Å². The van der Waals surface area contributed by atoms with Crippen LogP contribution >= 0.6 is 11.3 Å². The second kappa shape index (κ2) is 14.9. The molecule has 0 radical (unpaired) electrons. The molecule has 2 aromatic rings. The molecule has 4 heterocycles. The fourth-order valence-electron chi connectivity index (χ4n) is 7.73. The molecule has 0 bridgehead atoms. The molecule has 0 spiro atoms. The molecule has 7 atom stereocenters. The van der Waals surface area contributed by atoms with Crippen molar-refractivity contribution in [3.05, 3.63) is 42.1 Å². The van der Waals surface area contributed by atoms with Gasteiger partial charge in [0.2, 0.25) is 21.8 Å². The van der Waals surface area contributed by atoms with Crippen molar-refractivity contribution >= 4 is 45.2 Å². The van der Waals surface area contributed by atoms with Crippen molar-refractivity contribution in [1.82, 2.24) is 29.8 Å². The fraction of sp³-hybridized carbons (Fsp3) is 0.622. The van der Waals surface area contributed by atoms with Crippen molar-refractivity contribution in [1.29, 1.82) is 0 Å². The number of amides is 4. The van der Waals surface area contributed by atoms with Crippen LogP contribution in [0.3, 0.4) is 0 Å². The van der Waals surface area contributed by atoms with Crippen LogP contribution in [0.25, 0.3) is 10.7 Å². The predicted molar refractivity (Wildman–Crippen MR) is 199 cm³/mol. The van der Waals surface area contributed by atoms with Crippen LogP contribution in [0.15, 0.2) is 42.1 Å². The minimum atomic E-state index is -5.08. The lowest BCUT2D eigenvalue weighted by Crippen LogP contribution is -2.66. The molecule has 0 aromatic carbocycles. The summed E-state index contributed by atoms with van der Waals surface area (Å²) in [6, 6.07) is -0.153. The molecule has 1 saturated heterocycles. The Bertz CT molecular complexity index is 1990. The monoisotopic (exact) mass is 824 g/mol. The van der Waals surface area contributed by atoms with E-state index >= 15 is 0 Å². The highest BCUT2D eigenvalue weighted by Gasteiger charge is 2.64. The van der Waals surface area contributed by atoms with Crippen LogP contribution in [0, 0.1) is 17.8 Å². The number of aromatic nitrogens is 2. The number of carbonyl (C=O) groups is 4. The lowest BCUT2D eigenvalue weighted by molar-refractivity contribution is -0.222. The zero-order valence-corrected chi connectivity index (χ0v) is 33.3. The molecule has 0 unspecified atom stereocenters. The first-order valence-electron chi connectivity index (χ1n) is 18.6. The van der Waals surface area contributed by atoms with Gasteiger partial charge in [-0.1, -0.05) is 26.0 Å². The SMILES string of the molecule is C[C@@H]1CC/C=C\[C@@H]2C[C@@]2(C(=O)NS(=O)(=O)C2(C)CC2)NC(=O)[C@@H]2C[C@@H](Oc3ccnc(-c4nccs4)c3)CN2C(=O)[C@@H](N(C(=O)O)C(C)(C)C(F)(F)F)[C@H](C)C1. The van der Waals surface area contributed by atoms with E-state index in [4.69, 9.17) is 4.74 Å². The lowest BCUT2D eigenvalue weighted by atomic mass is 9.85. The van der Waals surface area contributed by atoms with Gasteiger partial charge in [-0.25, -0.2) is 18.2 Å². The van der Waals surface area contributed by atoms with Gasteiger partial charge < -0.3 is 20.1 Å². The number of carbonyl (C=O) groups excluding carboxylic acids is 3. The number of thiazole rings is 1. The number of fused-ring (bicyclic) bond motifs is 2. The van der Waals surface area contributed by atoms with Crippen LogP contribution in [-0.4, -0.2) is 104 Å². The summed E-state index contributed by atoms with van der Waals surface area (Å²) < 4.78 is 77.5. The van der Waals surface area contributed by atoms with Gasteiger partial charge in [0.05, 0.1) is 11.3 Å². The van der Waals surface area contributed by atoms with Crippen molar-refractivity contribution in [3.8, 4) is 16.5 Å². The number of pyridine rings is 1. The van der Waals surface area contributed by atoms with Crippen LogP contribution in [0.1, 0.15) is 79.6 Å². The van der Waals surface area contributed by atoms with Gasteiger partial charge in [-0.15, -0.1) is 11.3 Å². The van der Waals surface area contributed by atoms with Crippen LogP contribution in [-0.2, 0) is 24.4 Å². The van der Waals surface area contributed by atoms with Gasteiger partial charge >= 0.3 is 12.3 Å². The maximum Gasteiger partial charge on any atom is 0.411 e. The molecule has 56 heavy (non-hydrogen) atoms. The number of halogens is 3. The lowest BCUT2D eigenvalue weighted by Gasteiger charge is -2.45. The number of hydrogen-bond acceptors (Lipinski definition) is 10. The number of ether oxygens (including phenoxy) is 1. The van der Waals surface area contributed by atoms with E-state index in [1.165, 1.54) is 31.4 Å². The van der Waals surface area contributed by atoms with E-state index in [2.05, 4.69) is 20.0 Å². The van der Waals surface area contributed by atoms with E-state index in [0.29, 0.717) is 56.0 Å². The summed E-state index contributed by atoms with van der Waals surface area (Å²) >= 11 is 1.34. The van der Waals surface area contributed by atoms with Gasteiger partial charge in [-0.2, -0.15) is 13.2 Å². The molecule has 2 saturated carbocycles. The maximum atomic E-state index is 14.9. The van der Waals surface area contributed by atoms with Crippen molar-refractivity contribution in [3.63, 3.8) is 0 Å². The topological polar surface area (TPSA) is 188 Å². The molecule has 2 aliphatic heterocycles. The van der Waals surface area contributed by atoms with Crippen molar-refractivity contribution in [2.45, 2.75) is 120 Å². The molecule has 14 nitrogen and oxygen atoms in total. The van der Waals surface area contributed by atoms with E-state index in [1.54, 1.807) is 29.8 Å². The standard InChI is InChI=1S/C37H47F3N6O8S2/c1-21-8-6-7-9-23-19-36(23,32(49)44-56(52,53)35(5)11-12-35)43-29(47)27-18-25(54-24-10-13-41-26(17-24)30-42-14-15-55-30)20-45(27)31(48)28(22(2)16-21)46(33(50)51)34(3,4)37(38,39)40/h7,9-10,13-15,17,21-23,25,27-28H,6,8,11-12,16,18-20H2,1-5H3,(H,43,47)(H,44,49)(H,50,51)/b9-7-/t21-,22-,23-,25-,27+,28+,36-/m1/s1. The second-order valence-electron chi connectivity index (χ2n) is 16.3. The van der Waals surface area contributed by atoms with Gasteiger partial charge in [0.15, 0.2) is 0 Å². The van der Waals surface area contributed by atoms with Crippen molar-refractivity contribution in [2.75, 3.05) is 6.54 Å². The van der Waals surface area contributed by atoms with Gasteiger partial charge in [-0.3, -0.25) is 29.0 Å². The van der Waals surface area contributed by atoms with Crippen LogP contribution in [0.5, 0.6) is 5.75 Å². The van der Waals surface area contributed by atoms with Gasteiger partial charge in [0.25, 0.3) is 5.91 Å².